The third-order valence-electron chi connectivity index (χ3n) is 2.52. The van der Waals surface area contributed by atoms with Gasteiger partial charge >= 0.3 is 5.97 Å². The fourth-order valence-electron chi connectivity index (χ4n) is 1.43. The number of carbonyl (C=O) groups excluding carboxylic acids is 2. The maximum absolute atomic E-state index is 12.7. The van der Waals surface area contributed by atoms with Crippen LogP contribution < -0.4 is 5.32 Å². The Morgan fingerprint density at radius 3 is 2.58 bits per heavy atom. The molecule has 0 aliphatic carbocycles. The number of methoxy groups -OCH3 is 1. The summed E-state index contributed by atoms with van der Waals surface area (Å²) < 4.78 is 17.0. The smallest absolute Gasteiger partial charge is 0.336 e. The number of aliphatic hydroxyl groups is 1. The van der Waals surface area contributed by atoms with Crippen molar-refractivity contribution in [2.45, 2.75) is 18.9 Å². The molecule has 0 aliphatic rings. The highest BCUT2D eigenvalue weighted by molar-refractivity contribution is 5.78. The zero-order valence-electron chi connectivity index (χ0n) is 10.6. The number of nitrogens with one attached hydrogen (secondary N) is 1. The number of carbonyl (C=O) groups is 2. The van der Waals surface area contributed by atoms with Gasteiger partial charge in [-0.15, -0.1) is 0 Å². The first-order valence-electron chi connectivity index (χ1n) is 5.80. The minimum absolute atomic E-state index is 0.186. The quantitative estimate of drug-likeness (QED) is 0.733. The largest absolute Gasteiger partial charge is 0.467 e. The van der Waals surface area contributed by atoms with Crippen molar-refractivity contribution < 1.29 is 23.8 Å². The Labute approximate surface area is 110 Å². The summed E-state index contributed by atoms with van der Waals surface area (Å²) in [6, 6.07) is 5.86. The normalized spacial score (nSPS) is 11.7. The van der Waals surface area contributed by atoms with Gasteiger partial charge in [0.2, 0.25) is 5.91 Å². The van der Waals surface area contributed by atoms with Gasteiger partial charge in [0.25, 0.3) is 0 Å². The predicted molar refractivity (Wildman–Crippen MR) is 65.8 cm³/mol. The molecule has 1 aromatic carbocycles. The fraction of sp³-hybridized carbons (Fsp3) is 0.385. The van der Waals surface area contributed by atoms with Crippen LogP contribution in [-0.2, 0) is 20.7 Å². The molecule has 2 N–H and O–H groups in total. The molecule has 5 nitrogen and oxygen atoms in total. The molecule has 0 fully saturated rings. The Morgan fingerprint density at radius 2 is 2.00 bits per heavy atom. The van der Waals surface area contributed by atoms with E-state index in [1.165, 1.54) is 12.1 Å². The van der Waals surface area contributed by atoms with Gasteiger partial charge in [-0.2, -0.15) is 0 Å². The number of rotatable bonds is 6. The van der Waals surface area contributed by atoms with Crippen molar-refractivity contribution in [3.8, 4) is 0 Å². The molecule has 104 valence electrons. The van der Waals surface area contributed by atoms with Crippen molar-refractivity contribution in [3.05, 3.63) is 35.6 Å². The molecule has 0 saturated heterocycles. The maximum Gasteiger partial charge on any atom is 0.336 e. The van der Waals surface area contributed by atoms with E-state index in [0.717, 1.165) is 12.7 Å². The van der Waals surface area contributed by atoms with E-state index in [-0.39, 0.29) is 24.7 Å². The van der Waals surface area contributed by atoms with E-state index in [2.05, 4.69) is 10.1 Å². The summed E-state index contributed by atoms with van der Waals surface area (Å²) in [7, 11) is 1.15. The second-order valence-electron chi connectivity index (χ2n) is 3.97. The van der Waals surface area contributed by atoms with Gasteiger partial charge in [0.15, 0.2) is 6.10 Å². The lowest BCUT2D eigenvalue weighted by Crippen LogP contribution is -2.37. The van der Waals surface area contributed by atoms with Crippen molar-refractivity contribution in [1.29, 1.82) is 0 Å². The van der Waals surface area contributed by atoms with Crippen LogP contribution in [0.15, 0.2) is 24.3 Å². The molecule has 1 atom stereocenters. The molecule has 1 unspecified atom stereocenters. The standard InChI is InChI=1S/C13H16FNO4/c1-19-13(18)11(16)8-15-12(17)7-4-9-2-5-10(14)6-3-9/h2-3,5-6,11,16H,4,7-8H2,1H3,(H,15,17). The Bertz CT molecular complexity index is 433. The maximum atomic E-state index is 12.7. The molecule has 0 radical (unpaired) electrons. The van der Waals surface area contributed by atoms with Gasteiger partial charge < -0.3 is 15.2 Å². The third kappa shape index (κ3) is 5.48. The van der Waals surface area contributed by atoms with Gasteiger partial charge in [0.05, 0.1) is 13.7 Å². The lowest BCUT2D eigenvalue weighted by Gasteiger charge is -2.09. The third-order valence-corrected chi connectivity index (χ3v) is 2.52. The van der Waals surface area contributed by atoms with E-state index in [9.17, 15) is 19.1 Å². The topological polar surface area (TPSA) is 75.6 Å². The monoisotopic (exact) mass is 269 g/mol. The Kier molecular flexibility index (Phi) is 5.95. The molecule has 0 aliphatic heterocycles. The van der Waals surface area contributed by atoms with Crippen LogP contribution in [0.3, 0.4) is 0 Å². The molecule has 0 saturated carbocycles. The van der Waals surface area contributed by atoms with Gasteiger partial charge in [0, 0.05) is 6.42 Å². The van der Waals surface area contributed by atoms with E-state index in [0.29, 0.717) is 6.42 Å². The van der Waals surface area contributed by atoms with Crippen LogP contribution in [0.5, 0.6) is 0 Å². The molecule has 0 bridgehead atoms. The van der Waals surface area contributed by atoms with E-state index in [1.807, 2.05) is 0 Å². The predicted octanol–water partition coefficient (Wildman–Crippen LogP) is 0.408. The van der Waals surface area contributed by atoms with Crippen LogP contribution in [0.4, 0.5) is 4.39 Å². The number of benzene rings is 1. The first-order chi connectivity index (χ1) is 9.02. The van der Waals surface area contributed by atoms with Crippen molar-refractivity contribution in [2.75, 3.05) is 13.7 Å². The highest BCUT2D eigenvalue weighted by Crippen LogP contribution is 2.05. The van der Waals surface area contributed by atoms with Crippen LogP contribution >= 0.6 is 0 Å². The average Bonchev–Trinajstić information content (AvgIpc) is 2.43. The van der Waals surface area contributed by atoms with Gasteiger partial charge in [-0.3, -0.25) is 4.79 Å². The second kappa shape index (κ2) is 7.48. The molecule has 0 spiro atoms. The molecule has 0 heterocycles. The number of halogens is 1. The lowest BCUT2D eigenvalue weighted by atomic mass is 10.1. The summed E-state index contributed by atoms with van der Waals surface area (Å²) in [6.07, 6.45) is -0.709. The molecule has 1 aromatic rings. The molecule has 1 amide bonds. The number of amides is 1. The van der Waals surface area contributed by atoms with E-state index >= 15 is 0 Å². The molecule has 1 rings (SSSR count). The van der Waals surface area contributed by atoms with Crippen molar-refractivity contribution in [2.24, 2.45) is 0 Å². The molecule has 6 heteroatoms. The minimum Gasteiger partial charge on any atom is -0.467 e. The molecular weight excluding hydrogens is 253 g/mol. The van der Waals surface area contributed by atoms with E-state index in [1.54, 1.807) is 12.1 Å². The van der Waals surface area contributed by atoms with Crippen molar-refractivity contribution >= 4 is 11.9 Å². The van der Waals surface area contributed by atoms with Crippen LogP contribution in [0, 0.1) is 5.82 Å². The van der Waals surface area contributed by atoms with Crippen LogP contribution in [0.25, 0.3) is 0 Å². The summed E-state index contributed by atoms with van der Waals surface area (Å²) in [5.41, 5.74) is 0.838. The zero-order valence-corrected chi connectivity index (χ0v) is 10.6. The number of aryl methyl sites for hydroxylation is 1. The van der Waals surface area contributed by atoms with Gasteiger partial charge in [0.1, 0.15) is 5.82 Å². The lowest BCUT2D eigenvalue weighted by molar-refractivity contribution is -0.150. The molecule has 0 aromatic heterocycles. The summed E-state index contributed by atoms with van der Waals surface area (Å²) in [5.74, 6) is -1.42. The molecular formula is C13H16FNO4. The van der Waals surface area contributed by atoms with Crippen molar-refractivity contribution in [1.82, 2.24) is 5.32 Å². The Morgan fingerprint density at radius 1 is 1.37 bits per heavy atom. The highest BCUT2D eigenvalue weighted by Gasteiger charge is 2.15. The number of aliphatic hydroxyl groups excluding tert-OH is 1. The average molecular weight is 269 g/mol. The van der Waals surface area contributed by atoms with Crippen LogP contribution in [0.1, 0.15) is 12.0 Å². The first kappa shape index (κ1) is 15.1. The van der Waals surface area contributed by atoms with Crippen LogP contribution in [0.2, 0.25) is 0 Å². The summed E-state index contributed by atoms with van der Waals surface area (Å²) >= 11 is 0. The fourth-order valence-corrected chi connectivity index (χ4v) is 1.43. The van der Waals surface area contributed by atoms with E-state index < -0.39 is 12.1 Å². The number of esters is 1. The second-order valence-corrected chi connectivity index (χ2v) is 3.97. The SMILES string of the molecule is COC(=O)C(O)CNC(=O)CCc1ccc(F)cc1. The van der Waals surface area contributed by atoms with Crippen LogP contribution in [-0.4, -0.2) is 36.7 Å². The summed E-state index contributed by atoms with van der Waals surface area (Å²) in [6.45, 7) is -0.186. The summed E-state index contributed by atoms with van der Waals surface area (Å²) in [5, 5.41) is 11.7. The van der Waals surface area contributed by atoms with Gasteiger partial charge in [-0.1, -0.05) is 12.1 Å². The Hall–Kier alpha value is -1.95. The van der Waals surface area contributed by atoms with Gasteiger partial charge in [-0.25, -0.2) is 9.18 Å². The number of hydrogen-bond acceptors (Lipinski definition) is 4. The number of ether oxygens (including phenoxy) is 1. The van der Waals surface area contributed by atoms with Crippen molar-refractivity contribution in [3.63, 3.8) is 0 Å². The van der Waals surface area contributed by atoms with E-state index in [4.69, 9.17) is 0 Å². The first-order valence-corrected chi connectivity index (χ1v) is 5.80. The minimum atomic E-state index is -1.36. The highest BCUT2D eigenvalue weighted by atomic mass is 19.1. The zero-order chi connectivity index (χ0) is 14.3. The van der Waals surface area contributed by atoms with Gasteiger partial charge in [-0.05, 0) is 24.1 Å². The summed E-state index contributed by atoms with van der Waals surface area (Å²) in [4.78, 5) is 22.3. The number of hydrogen-bond donors (Lipinski definition) is 2. The Balaban J connectivity index is 2.28. The molecule has 19 heavy (non-hydrogen) atoms.